The molecule has 3 nitrogen and oxygen atoms in total. The molecule has 0 atom stereocenters. The zero-order valence-corrected chi connectivity index (χ0v) is 15.6. The second kappa shape index (κ2) is 6.80. The minimum Gasteiger partial charge on any atom is -0.337 e. The number of carbonyl (C=O) groups excluding carboxylic acids is 1. The largest absolute Gasteiger partial charge is 0.416 e. The third-order valence-corrected chi connectivity index (χ3v) is 6.63. The monoisotopic (exact) mass is 420 g/mol. The number of alkyl halides is 6. The van der Waals surface area contributed by atoms with Gasteiger partial charge in [0.2, 0.25) is 0 Å². The van der Waals surface area contributed by atoms with E-state index < -0.39 is 35.2 Å². The zero-order valence-electron chi connectivity index (χ0n) is 15.6. The molecule has 1 aromatic carbocycles. The van der Waals surface area contributed by atoms with Gasteiger partial charge in [-0.2, -0.15) is 26.3 Å². The van der Waals surface area contributed by atoms with Crippen LogP contribution in [0.25, 0.3) is 0 Å². The highest BCUT2D eigenvalue weighted by atomic mass is 19.4. The first kappa shape index (κ1) is 20.3. The maximum absolute atomic E-state index is 12.9. The first-order valence-electron chi connectivity index (χ1n) is 9.76. The van der Waals surface area contributed by atoms with E-state index in [1.807, 2.05) is 0 Å². The molecule has 160 valence electrons. The highest BCUT2D eigenvalue weighted by molar-refractivity contribution is 5.89. The first-order chi connectivity index (χ1) is 13.4. The average Bonchev–Trinajstić information content (AvgIpc) is 2.57. The first-order valence-corrected chi connectivity index (χ1v) is 9.76. The Labute approximate surface area is 164 Å². The van der Waals surface area contributed by atoms with E-state index >= 15 is 0 Å². The van der Waals surface area contributed by atoms with Gasteiger partial charge in [0.1, 0.15) is 0 Å². The Bertz CT molecular complexity index is 734. The van der Waals surface area contributed by atoms with Gasteiger partial charge >= 0.3 is 18.4 Å². The van der Waals surface area contributed by atoms with Crippen LogP contribution >= 0.6 is 0 Å². The van der Waals surface area contributed by atoms with Crippen molar-refractivity contribution in [2.75, 3.05) is 11.9 Å². The molecule has 0 unspecified atom stereocenters. The molecular formula is C20H22F6N2O. The van der Waals surface area contributed by atoms with Gasteiger partial charge in [-0.1, -0.05) is 0 Å². The van der Waals surface area contributed by atoms with Crippen LogP contribution in [0.2, 0.25) is 0 Å². The van der Waals surface area contributed by atoms with Gasteiger partial charge in [-0.3, -0.25) is 0 Å². The molecule has 2 amide bonds. The third kappa shape index (κ3) is 4.33. The molecule has 4 fully saturated rings. The van der Waals surface area contributed by atoms with E-state index in [0.717, 1.165) is 19.3 Å². The minimum atomic E-state index is -4.95. The molecule has 4 saturated carbocycles. The predicted octanol–water partition coefficient (Wildman–Crippen LogP) is 6.06. The second-order valence-electron chi connectivity index (χ2n) is 9.02. The molecule has 4 bridgehead atoms. The second-order valence-corrected chi connectivity index (χ2v) is 9.02. The molecule has 29 heavy (non-hydrogen) atoms. The normalized spacial score (nSPS) is 31.0. The number of halogens is 6. The highest BCUT2D eigenvalue weighted by Crippen LogP contribution is 2.59. The summed E-state index contributed by atoms with van der Waals surface area (Å²) in [5, 5.41) is 4.84. The van der Waals surface area contributed by atoms with Crippen LogP contribution in [0.15, 0.2) is 18.2 Å². The van der Waals surface area contributed by atoms with Crippen LogP contribution < -0.4 is 10.6 Å². The van der Waals surface area contributed by atoms with Crippen molar-refractivity contribution in [3.05, 3.63) is 29.3 Å². The maximum atomic E-state index is 12.9. The molecule has 0 aromatic heterocycles. The summed E-state index contributed by atoms with van der Waals surface area (Å²) in [6, 6.07) is 0.283. The Hall–Kier alpha value is -1.93. The molecule has 0 aliphatic heterocycles. The van der Waals surface area contributed by atoms with Crippen molar-refractivity contribution in [3.8, 4) is 0 Å². The van der Waals surface area contributed by atoms with E-state index in [2.05, 4.69) is 10.6 Å². The van der Waals surface area contributed by atoms with E-state index in [4.69, 9.17) is 0 Å². The molecule has 4 aliphatic carbocycles. The number of urea groups is 1. The van der Waals surface area contributed by atoms with Crippen LogP contribution in [-0.2, 0) is 12.4 Å². The lowest BCUT2D eigenvalue weighted by molar-refractivity contribution is -0.143. The van der Waals surface area contributed by atoms with Crippen molar-refractivity contribution in [1.82, 2.24) is 5.32 Å². The van der Waals surface area contributed by atoms with Crippen molar-refractivity contribution in [2.45, 2.75) is 50.9 Å². The summed E-state index contributed by atoms with van der Waals surface area (Å²) in [5.41, 5.74) is -3.43. The third-order valence-electron chi connectivity index (χ3n) is 6.63. The topological polar surface area (TPSA) is 41.1 Å². The van der Waals surface area contributed by atoms with E-state index in [1.54, 1.807) is 0 Å². The Morgan fingerprint density at radius 1 is 0.862 bits per heavy atom. The van der Waals surface area contributed by atoms with Crippen molar-refractivity contribution < 1.29 is 31.1 Å². The molecule has 0 spiro atoms. The molecule has 0 heterocycles. The fourth-order valence-corrected chi connectivity index (χ4v) is 5.98. The van der Waals surface area contributed by atoms with Crippen LogP contribution in [0.3, 0.4) is 0 Å². The van der Waals surface area contributed by atoms with Crippen LogP contribution in [0.4, 0.5) is 36.8 Å². The van der Waals surface area contributed by atoms with Crippen molar-refractivity contribution in [2.24, 2.45) is 23.2 Å². The summed E-state index contributed by atoms with van der Waals surface area (Å²) in [5.74, 6) is 2.01. The summed E-state index contributed by atoms with van der Waals surface area (Å²) in [6.07, 6.45) is -3.12. The number of benzene rings is 1. The van der Waals surface area contributed by atoms with Gasteiger partial charge in [0.25, 0.3) is 0 Å². The van der Waals surface area contributed by atoms with Gasteiger partial charge < -0.3 is 10.6 Å². The van der Waals surface area contributed by atoms with Crippen LogP contribution in [0.1, 0.15) is 49.7 Å². The average molecular weight is 420 g/mol. The molecule has 1 aromatic rings. The van der Waals surface area contributed by atoms with Crippen LogP contribution in [0, 0.1) is 23.2 Å². The molecule has 4 aliphatic rings. The van der Waals surface area contributed by atoms with E-state index in [9.17, 15) is 31.1 Å². The van der Waals surface area contributed by atoms with Gasteiger partial charge in [0.15, 0.2) is 0 Å². The van der Waals surface area contributed by atoms with E-state index in [1.165, 1.54) is 19.3 Å². The van der Waals surface area contributed by atoms with Crippen LogP contribution in [-0.4, -0.2) is 12.6 Å². The number of amides is 2. The summed E-state index contributed by atoms with van der Waals surface area (Å²) in [7, 11) is 0. The van der Waals surface area contributed by atoms with Gasteiger partial charge in [-0.15, -0.1) is 0 Å². The summed E-state index contributed by atoms with van der Waals surface area (Å²) >= 11 is 0. The molecule has 0 saturated heterocycles. The quantitative estimate of drug-likeness (QED) is 0.573. The number of anilines is 1. The van der Waals surface area contributed by atoms with Gasteiger partial charge in [-0.05, 0) is 79.9 Å². The fraction of sp³-hybridized carbons (Fsp3) is 0.650. The smallest absolute Gasteiger partial charge is 0.337 e. The number of rotatable bonds is 3. The van der Waals surface area contributed by atoms with E-state index in [-0.39, 0.29) is 11.5 Å². The Morgan fingerprint density at radius 2 is 1.31 bits per heavy atom. The Balaban J connectivity index is 1.44. The highest BCUT2D eigenvalue weighted by Gasteiger charge is 2.50. The SMILES string of the molecule is O=C(NCC12CC3CC(CC(C3)C1)C2)Nc1cc(C(F)(F)F)cc(C(F)(F)F)c1. The van der Waals surface area contributed by atoms with Crippen molar-refractivity contribution in [1.29, 1.82) is 0 Å². The molecule has 0 radical (unpaired) electrons. The number of nitrogens with one attached hydrogen (secondary N) is 2. The van der Waals surface area contributed by atoms with E-state index in [0.29, 0.717) is 36.4 Å². The van der Waals surface area contributed by atoms with Crippen molar-refractivity contribution in [3.63, 3.8) is 0 Å². The molecular weight excluding hydrogens is 398 g/mol. The Kier molecular flexibility index (Phi) is 4.77. The van der Waals surface area contributed by atoms with Gasteiger partial charge in [0.05, 0.1) is 11.1 Å². The lowest BCUT2D eigenvalue weighted by atomic mass is 9.49. The molecule has 5 rings (SSSR count). The minimum absolute atomic E-state index is 0.0110. The standard InChI is InChI=1S/C20H22F6N2O/c21-19(22,23)14-4-15(20(24,25)26)6-16(5-14)28-17(29)27-10-18-7-11-1-12(8-18)3-13(2-11)9-18/h4-6,11-13H,1-3,7-10H2,(H2,27,28,29). The molecule has 9 heteroatoms. The van der Waals surface area contributed by atoms with Gasteiger partial charge in [-0.25, -0.2) is 4.79 Å². The van der Waals surface area contributed by atoms with Gasteiger partial charge in [0, 0.05) is 12.2 Å². The number of hydrogen-bond acceptors (Lipinski definition) is 1. The fourth-order valence-electron chi connectivity index (χ4n) is 5.98. The zero-order chi connectivity index (χ0) is 21.0. The van der Waals surface area contributed by atoms with Crippen molar-refractivity contribution >= 4 is 11.7 Å². The summed E-state index contributed by atoms with van der Waals surface area (Å²) in [4.78, 5) is 12.2. The lowest BCUT2D eigenvalue weighted by Crippen LogP contribution is -2.51. The number of hydrogen-bond donors (Lipinski definition) is 2. The molecule has 2 N–H and O–H groups in total. The number of carbonyl (C=O) groups is 1. The maximum Gasteiger partial charge on any atom is 0.416 e. The lowest BCUT2D eigenvalue weighted by Gasteiger charge is -2.56. The predicted molar refractivity (Wildman–Crippen MR) is 94.1 cm³/mol. The Morgan fingerprint density at radius 3 is 1.72 bits per heavy atom. The summed E-state index contributed by atoms with van der Waals surface area (Å²) < 4.78 is 77.7. The van der Waals surface area contributed by atoms with Crippen LogP contribution in [0.5, 0.6) is 0 Å². The summed E-state index contributed by atoms with van der Waals surface area (Å²) in [6.45, 7) is 0.396.